The van der Waals surface area contributed by atoms with Gasteiger partial charge in [-0.1, -0.05) is 12.1 Å². The number of ether oxygens (including phenoxy) is 4. The molecule has 212 valence electrons. The summed E-state index contributed by atoms with van der Waals surface area (Å²) in [5.41, 5.74) is -0.964. The number of phenols is 2. The zero-order valence-electron chi connectivity index (χ0n) is 22.1. The molecule has 0 radical (unpaired) electrons. The lowest BCUT2D eigenvalue weighted by Crippen LogP contribution is -2.31. The number of allylic oxidation sites excluding steroid dienone is 2. The van der Waals surface area contributed by atoms with Gasteiger partial charge in [0.2, 0.25) is 11.6 Å². The number of carbonyl (C=O) groups excluding carboxylic acids is 4. The second-order valence-electron chi connectivity index (χ2n) is 8.71. The van der Waals surface area contributed by atoms with Gasteiger partial charge in [0.1, 0.15) is 0 Å². The van der Waals surface area contributed by atoms with Crippen LogP contribution in [-0.4, -0.2) is 72.4 Å². The number of esters is 2. The van der Waals surface area contributed by atoms with Crippen LogP contribution in [0, 0.1) is 0 Å². The van der Waals surface area contributed by atoms with Crippen molar-refractivity contribution < 1.29 is 58.6 Å². The first kappa shape index (κ1) is 29.6. The molecule has 3 rings (SSSR count). The number of aliphatic hydroxyl groups excluding tert-OH is 2. The van der Waals surface area contributed by atoms with Crippen molar-refractivity contribution in [1.82, 2.24) is 0 Å². The zero-order valence-corrected chi connectivity index (χ0v) is 22.1. The van der Waals surface area contributed by atoms with E-state index < -0.39 is 70.8 Å². The average Bonchev–Trinajstić information content (AvgIpc) is 2.94. The molecule has 12 nitrogen and oxygen atoms in total. The van der Waals surface area contributed by atoms with E-state index in [0.717, 1.165) is 14.2 Å². The van der Waals surface area contributed by atoms with Crippen LogP contribution in [0.5, 0.6) is 23.0 Å². The highest BCUT2D eigenvalue weighted by atomic mass is 16.5. The molecule has 2 aromatic rings. The molecule has 0 saturated heterocycles. The normalized spacial score (nSPS) is 15.0. The molecule has 0 spiro atoms. The topological polar surface area (TPSA) is 186 Å². The summed E-state index contributed by atoms with van der Waals surface area (Å²) in [6.45, 7) is 0. The van der Waals surface area contributed by atoms with Gasteiger partial charge in [0.25, 0.3) is 0 Å². The first-order chi connectivity index (χ1) is 19.0. The highest BCUT2D eigenvalue weighted by Crippen LogP contribution is 2.43. The van der Waals surface area contributed by atoms with Crippen molar-refractivity contribution in [2.45, 2.75) is 24.7 Å². The van der Waals surface area contributed by atoms with Crippen LogP contribution < -0.4 is 9.47 Å². The van der Waals surface area contributed by atoms with Gasteiger partial charge in [-0.25, -0.2) is 0 Å². The third-order valence-corrected chi connectivity index (χ3v) is 6.53. The van der Waals surface area contributed by atoms with Gasteiger partial charge >= 0.3 is 11.9 Å². The highest BCUT2D eigenvalue weighted by molar-refractivity contribution is 6.24. The molecule has 2 aromatic carbocycles. The van der Waals surface area contributed by atoms with E-state index in [0.29, 0.717) is 0 Å². The van der Waals surface area contributed by atoms with Gasteiger partial charge in [-0.3, -0.25) is 19.2 Å². The smallest absolute Gasteiger partial charge is 0.306 e. The Hall–Kier alpha value is -5.00. The summed E-state index contributed by atoms with van der Waals surface area (Å²) >= 11 is 0. The van der Waals surface area contributed by atoms with E-state index in [1.54, 1.807) is 0 Å². The lowest BCUT2D eigenvalue weighted by molar-refractivity contribution is -0.142. The molecule has 1 aliphatic carbocycles. The fourth-order valence-electron chi connectivity index (χ4n) is 4.48. The minimum absolute atomic E-state index is 0.0863. The fraction of sp³-hybridized carbons (Fsp3) is 0.286. The van der Waals surface area contributed by atoms with Crippen LogP contribution in [-0.2, 0) is 28.7 Å². The van der Waals surface area contributed by atoms with Gasteiger partial charge in [0.05, 0.1) is 52.4 Å². The second-order valence-corrected chi connectivity index (χ2v) is 8.71. The Morgan fingerprint density at radius 3 is 1.27 bits per heavy atom. The summed E-state index contributed by atoms with van der Waals surface area (Å²) in [5.74, 6) is -9.32. The maximum Gasteiger partial charge on any atom is 0.306 e. The molecule has 0 amide bonds. The van der Waals surface area contributed by atoms with Crippen LogP contribution in [0.4, 0.5) is 0 Å². The molecule has 1 aliphatic rings. The van der Waals surface area contributed by atoms with Crippen molar-refractivity contribution >= 4 is 23.5 Å². The maximum atomic E-state index is 13.5. The van der Waals surface area contributed by atoms with Gasteiger partial charge in [-0.05, 0) is 35.4 Å². The minimum atomic E-state index is -1.33. The predicted octanol–water partition coefficient (Wildman–Crippen LogP) is 2.88. The lowest BCUT2D eigenvalue weighted by Gasteiger charge is -2.27. The Morgan fingerprint density at radius 1 is 0.650 bits per heavy atom. The van der Waals surface area contributed by atoms with Crippen LogP contribution in [0.25, 0.3) is 0 Å². The fourth-order valence-corrected chi connectivity index (χ4v) is 4.48. The summed E-state index contributed by atoms with van der Waals surface area (Å²) in [7, 11) is 4.83. The third-order valence-electron chi connectivity index (χ3n) is 6.53. The molecule has 0 saturated carbocycles. The summed E-state index contributed by atoms with van der Waals surface area (Å²) in [4.78, 5) is 51.6. The number of methoxy groups -OCH3 is 4. The Balaban J connectivity index is 2.18. The van der Waals surface area contributed by atoms with E-state index in [4.69, 9.17) is 18.9 Å². The number of Topliss-reactive ketones (excluding diaryl/α,β-unsaturated/α-hetero) is 2. The molecule has 0 aromatic heterocycles. The van der Waals surface area contributed by atoms with Gasteiger partial charge in [0.15, 0.2) is 34.5 Å². The van der Waals surface area contributed by atoms with Crippen LogP contribution >= 0.6 is 0 Å². The first-order valence-corrected chi connectivity index (χ1v) is 11.8. The quantitative estimate of drug-likeness (QED) is 0.248. The van der Waals surface area contributed by atoms with Gasteiger partial charge < -0.3 is 39.4 Å². The number of rotatable bonds is 10. The molecule has 0 unspecified atom stereocenters. The average molecular weight is 557 g/mol. The Kier molecular flexibility index (Phi) is 9.04. The molecular weight excluding hydrogens is 528 g/mol. The van der Waals surface area contributed by atoms with Crippen LogP contribution in [0.3, 0.4) is 0 Å². The molecule has 4 N–H and O–H groups in total. The maximum absolute atomic E-state index is 13.5. The van der Waals surface area contributed by atoms with E-state index in [-0.39, 0.29) is 34.1 Å². The standard InChI is InChI=1S/C28H28O12/c1-37-19-7-5-13(9-17(19)29)15(11-21(31)39-3)23-25(33)27(35)24(28(36)26(23)34)16(12-22(32)40-4)14-6-8-20(38-2)18(30)10-14/h5-10,15-16,29-30,33,36H,11-12H2,1-4H3/t15-,16+. The van der Waals surface area contributed by atoms with Gasteiger partial charge in [0, 0.05) is 11.8 Å². The lowest BCUT2D eigenvalue weighted by atomic mass is 9.76. The number of carbonyl (C=O) groups is 4. The molecule has 0 heterocycles. The van der Waals surface area contributed by atoms with Gasteiger partial charge in [-0.15, -0.1) is 0 Å². The number of aromatic hydroxyl groups is 2. The number of hydrogen-bond donors (Lipinski definition) is 4. The second kappa shape index (κ2) is 12.2. The summed E-state index contributed by atoms with van der Waals surface area (Å²) < 4.78 is 19.4. The predicted molar refractivity (Wildman–Crippen MR) is 137 cm³/mol. The largest absolute Gasteiger partial charge is 0.504 e. The van der Waals surface area contributed by atoms with Crippen LogP contribution in [0.2, 0.25) is 0 Å². The third kappa shape index (κ3) is 5.70. The van der Waals surface area contributed by atoms with Crippen molar-refractivity contribution in [3.05, 3.63) is 70.2 Å². The highest BCUT2D eigenvalue weighted by Gasteiger charge is 2.43. The molecule has 12 heteroatoms. The van der Waals surface area contributed by atoms with Crippen molar-refractivity contribution in [2.24, 2.45) is 0 Å². The van der Waals surface area contributed by atoms with Crippen molar-refractivity contribution in [1.29, 1.82) is 0 Å². The van der Waals surface area contributed by atoms with Gasteiger partial charge in [-0.2, -0.15) is 0 Å². The molecule has 0 aliphatic heterocycles. The first-order valence-electron chi connectivity index (χ1n) is 11.8. The van der Waals surface area contributed by atoms with E-state index in [9.17, 15) is 39.6 Å². The monoisotopic (exact) mass is 556 g/mol. The summed E-state index contributed by atoms with van der Waals surface area (Å²) in [6.07, 6.45) is -1.08. The minimum Gasteiger partial charge on any atom is -0.504 e. The number of ketones is 2. The van der Waals surface area contributed by atoms with Crippen molar-refractivity contribution in [2.75, 3.05) is 28.4 Å². The Bertz CT molecular complexity index is 1310. The molecule has 0 fully saturated rings. The van der Waals surface area contributed by atoms with Crippen molar-refractivity contribution in [3.8, 4) is 23.0 Å². The zero-order chi connectivity index (χ0) is 29.7. The number of aliphatic hydroxyl groups is 2. The summed E-state index contributed by atoms with van der Waals surface area (Å²) in [5, 5.41) is 42.6. The van der Waals surface area contributed by atoms with E-state index in [2.05, 4.69) is 0 Å². The van der Waals surface area contributed by atoms with E-state index >= 15 is 0 Å². The van der Waals surface area contributed by atoms with Crippen molar-refractivity contribution in [3.63, 3.8) is 0 Å². The molecular formula is C28H28O12. The molecule has 2 atom stereocenters. The summed E-state index contributed by atoms with van der Waals surface area (Å²) in [6, 6.07) is 7.87. The Labute approximate surface area is 228 Å². The molecule has 0 bridgehead atoms. The molecule has 40 heavy (non-hydrogen) atoms. The SMILES string of the molecule is COC(=O)C[C@H](C1=C(O)C(=O)C([C@H](CC(=O)OC)c2ccc(OC)c(O)c2)=C(O)C1=O)c1ccc(OC)c(O)c1. The Morgan fingerprint density at radius 2 is 1.00 bits per heavy atom. The van der Waals surface area contributed by atoms with Crippen LogP contribution in [0.1, 0.15) is 35.8 Å². The van der Waals surface area contributed by atoms with E-state index in [1.165, 1.54) is 50.6 Å². The van der Waals surface area contributed by atoms with E-state index in [1.807, 2.05) is 0 Å². The number of phenolic OH excluding ortho intramolecular Hbond substituents is 2. The number of benzene rings is 2. The number of hydrogen-bond acceptors (Lipinski definition) is 12. The van der Waals surface area contributed by atoms with Crippen LogP contribution in [0.15, 0.2) is 59.1 Å².